The molecule has 5 heteroatoms. The number of rotatable bonds is 0. The largest absolute Gasteiger partial charge is 3.00 e. The van der Waals surface area contributed by atoms with Gasteiger partial charge in [-0.15, -0.1) is 12.0 Å². The van der Waals surface area contributed by atoms with Crippen molar-refractivity contribution in [1.29, 1.82) is 0 Å². The van der Waals surface area contributed by atoms with E-state index in [1.54, 1.807) is 5.92 Å². The number of aryl methyl sites for hydroxylation is 2. The topological polar surface area (TPSA) is 59.9 Å². The van der Waals surface area contributed by atoms with Crippen LogP contribution in [0, 0.1) is 31.6 Å². The van der Waals surface area contributed by atoms with Crippen molar-refractivity contribution >= 4 is 35.4 Å². The maximum Gasteiger partial charge on any atom is 3.00 e. The van der Waals surface area contributed by atoms with Gasteiger partial charge < -0.3 is 29.1 Å². The Kier molecular flexibility index (Phi) is 11.2. The van der Waals surface area contributed by atoms with E-state index in [9.17, 15) is 0 Å². The Morgan fingerprint density at radius 3 is 1.81 bits per heavy atom. The molecule has 2 atom stereocenters. The van der Waals surface area contributed by atoms with E-state index in [1.165, 1.54) is 34.7 Å². The molecule has 2 aliphatic carbocycles. The van der Waals surface area contributed by atoms with Crippen molar-refractivity contribution in [3.8, 4) is 0 Å². The first-order valence-electron chi connectivity index (χ1n) is 9.83. The maximum absolute atomic E-state index is 7.50. The second kappa shape index (κ2) is 13.1. The van der Waals surface area contributed by atoms with E-state index >= 15 is 0 Å². The monoisotopic (exact) mass is 495 g/mol. The summed E-state index contributed by atoms with van der Waals surface area (Å²) in [5.74, 6) is 3.29. The molecular weight excluding hydrogens is 468 g/mol. The summed E-state index contributed by atoms with van der Waals surface area (Å²) >= 11 is 0. The fourth-order valence-corrected chi connectivity index (χ4v) is 4.12. The van der Waals surface area contributed by atoms with Crippen LogP contribution in [-0.4, -0.2) is 23.5 Å². The molecule has 0 bridgehead atoms. The summed E-state index contributed by atoms with van der Waals surface area (Å²) in [5.41, 5.74) is 4.49. The van der Waals surface area contributed by atoms with E-state index in [1.807, 2.05) is 24.5 Å². The molecule has 2 heterocycles. The zero-order chi connectivity index (χ0) is 22.1. The van der Waals surface area contributed by atoms with Crippen molar-refractivity contribution in [2.24, 2.45) is 11.8 Å². The van der Waals surface area contributed by atoms with Crippen molar-refractivity contribution in [2.75, 3.05) is 0 Å². The summed E-state index contributed by atoms with van der Waals surface area (Å²) in [6, 6.07) is 8.33. The number of carbonyl (C=O) groups excluding carboxylic acids is 2. The number of fused-ring (bicyclic) bond motifs is 4. The third-order valence-corrected chi connectivity index (χ3v) is 5.75. The summed E-state index contributed by atoms with van der Waals surface area (Å²) in [7, 11) is 0. The van der Waals surface area contributed by atoms with Crippen molar-refractivity contribution in [3.63, 3.8) is 0 Å². The fraction of sp³-hybridized carbons (Fsp3) is 0.269. The van der Waals surface area contributed by atoms with Gasteiger partial charge >= 0.3 is 21.1 Å². The van der Waals surface area contributed by atoms with Crippen molar-refractivity contribution in [2.45, 2.75) is 33.6 Å². The molecule has 4 nitrogen and oxygen atoms in total. The minimum Gasteiger partial charge on any atom is -0.573 e. The molecule has 157 valence electrons. The van der Waals surface area contributed by atoms with Gasteiger partial charge in [0, 0.05) is 23.2 Å². The van der Waals surface area contributed by atoms with E-state index in [2.05, 4.69) is 80.8 Å². The van der Waals surface area contributed by atoms with Crippen LogP contribution in [0.5, 0.6) is 0 Å². The third-order valence-electron chi connectivity index (χ3n) is 5.75. The average Bonchev–Trinajstić information content (AvgIpc) is 3.18. The number of aromatic nitrogens is 2. The van der Waals surface area contributed by atoms with Crippen molar-refractivity contribution < 1.29 is 30.7 Å². The van der Waals surface area contributed by atoms with Crippen LogP contribution in [0.3, 0.4) is 0 Å². The van der Waals surface area contributed by atoms with Gasteiger partial charge in [0.2, 0.25) is 0 Å². The van der Waals surface area contributed by atoms with Crippen LogP contribution in [-0.2, 0) is 30.7 Å². The van der Waals surface area contributed by atoms with Gasteiger partial charge in [-0.1, -0.05) is 36.8 Å². The predicted octanol–water partition coefficient (Wildman–Crippen LogP) is 5.34. The van der Waals surface area contributed by atoms with Crippen LogP contribution in [0.25, 0.3) is 21.8 Å². The van der Waals surface area contributed by atoms with E-state index in [-0.39, 0.29) is 21.1 Å². The molecule has 0 aliphatic heterocycles. The minimum absolute atomic E-state index is 0. The third kappa shape index (κ3) is 6.04. The molecule has 2 aromatic heterocycles. The van der Waals surface area contributed by atoms with Gasteiger partial charge in [0.15, 0.2) is 0 Å². The van der Waals surface area contributed by atoms with E-state index < -0.39 is 0 Å². The van der Waals surface area contributed by atoms with Gasteiger partial charge in [-0.05, 0) is 43.0 Å². The van der Waals surface area contributed by atoms with Gasteiger partial charge in [0.1, 0.15) is 0 Å². The van der Waals surface area contributed by atoms with E-state index in [4.69, 9.17) is 9.59 Å². The normalized spacial score (nSPS) is 18.4. The van der Waals surface area contributed by atoms with Crippen LogP contribution in [0.1, 0.15) is 30.9 Å². The van der Waals surface area contributed by atoms with Gasteiger partial charge in [-0.25, -0.2) is 0 Å². The van der Waals surface area contributed by atoms with Gasteiger partial charge in [-0.3, -0.25) is 9.97 Å². The molecule has 2 aliphatic rings. The number of hydrogen-bond donors (Lipinski definition) is 0. The first-order chi connectivity index (χ1) is 14.6. The Morgan fingerprint density at radius 2 is 1.32 bits per heavy atom. The van der Waals surface area contributed by atoms with Crippen LogP contribution in [0.4, 0.5) is 0 Å². The van der Waals surface area contributed by atoms with Gasteiger partial charge in [-0.2, -0.15) is 13.3 Å². The average molecular weight is 493 g/mol. The summed E-state index contributed by atoms with van der Waals surface area (Å²) in [6.07, 6.45) is 15.5. The molecule has 0 saturated heterocycles. The minimum atomic E-state index is 0. The van der Waals surface area contributed by atoms with Crippen molar-refractivity contribution in [1.82, 2.24) is 9.97 Å². The molecule has 1 aromatic carbocycles. The van der Waals surface area contributed by atoms with E-state index in [0.717, 1.165) is 22.9 Å². The molecule has 1 saturated carbocycles. The summed E-state index contributed by atoms with van der Waals surface area (Å²) in [5, 5.41) is 2.38. The number of nitrogens with zero attached hydrogens (tertiary/aromatic N) is 2. The quantitative estimate of drug-likeness (QED) is 0.241. The summed E-state index contributed by atoms with van der Waals surface area (Å²) in [6.45, 7) is 15.5. The number of pyridine rings is 2. The SMILES string of the molecule is C[C-]1CCC2C=CC=C[C@@H]12.Cc1ccnc2c1ccc1c(C)ccnc12.[C-]=O.[C-]=O.[Mo+3]. The Labute approximate surface area is 199 Å². The second-order valence-electron chi connectivity index (χ2n) is 7.46. The van der Waals surface area contributed by atoms with Crippen LogP contribution < -0.4 is 0 Å². The summed E-state index contributed by atoms with van der Waals surface area (Å²) in [4.78, 5) is 23.9. The maximum atomic E-state index is 7.50. The predicted molar refractivity (Wildman–Crippen MR) is 121 cm³/mol. The van der Waals surface area contributed by atoms with Crippen LogP contribution in [0.15, 0.2) is 61.0 Å². The zero-order valence-electron chi connectivity index (χ0n) is 18.0. The molecule has 3 aromatic rings. The summed E-state index contributed by atoms with van der Waals surface area (Å²) < 4.78 is 0. The Hall–Kier alpha value is -2.45. The molecular formula is C26H25MoN2O2. The Bertz CT molecular complexity index is 985. The Morgan fingerprint density at radius 1 is 0.839 bits per heavy atom. The molecule has 1 fully saturated rings. The van der Waals surface area contributed by atoms with E-state index in [0.29, 0.717) is 0 Å². The first kappa shape index (κ1) is 26.6. The molecule has 5 rings (SSSR count). The van der Waals surface area contributed by atoms with Crippen LogP contribution in [0.2, 0.25) is 0 Å². The smallest absolute Gasteiger partial charge is 0.573 e. The van der Waals surface area contributed by atoms with Gasteiger partial charge in [0.05, 0.1) is 11.0 Å². The molecule has 0 amide bonds. The van der Waals surface area contributed by atoms with Crippen molar-refractivity contribution in [3.05, 3.63) is 78.0 Å². The number of benzene rings is 1. The standard InChI is InChI=1S/C14H12N2.C10H13.2CO.Mo/c1-9-5-7-15-13-11(9)3-4-12-10(2)6-8-16-14(12)13;1-8-6-7-9-4-2-3-5-10(8)9;2*1-2;/h3-8H,1-2H3;2-5,9-10H,6-7H2,1H3;;;/q;3*-1;+3/t;9?,10-;;;/m.0.../s1. The van der Waals surface area contributed by atoms with Crippen LogP contribution >= 0.6 is 0 Å². The number of allylic oxidation sites excluding steroid dienone is 4. The molecule has 0 N–H and O–H groups in total. The zero-order valence-corrected chi connectivity index (χ0v) is 20.0. The fourth-order valence-electron chi connectivity index (χ4n) is 4.12. The Balaban J connectivity index is 0.000000278. The molecule has 0 spiro atoms. The number of hydrogen-bond acceptors (Lipinski definition) is 4. The first-order valence-corrected chi connectivity index (χ1v) is 9.83. The second-order valence-corrected chi connectivity index (χ2v) is 7.46. The molecule has 3 radical (unpaired) electrons. The molecule has 31 heavy (non-hydrogen) atoms. The van der Waals surface area contributed by atoms with Gasteiger partial charge in [0.25, 0.3) is 0 Å². The molecule has 1 unspecified atom stereocenters.